The molecule has 0 heterocycles. The van der Waals surface area contributed by atoms with Crippen LogP contribution in [0.2, 0.25) is 0 Å². The van der Waals surface area contributed by atoms with E-state index >= 15 is 0 Å². The lowest BCUT2D eigenvalue weighted by Crippen LogP contribution is -2.29. The fourth-order valence-electron chi connectivity index (χ4n) is 19.1. The lowest BCUT2D eigenvalue weighted by molar-refractivity contribution is 0.482. The lowest BCUT2D eigenvalue weighted by atomic mass is 9.66. The quantitative estimate of drug-likeness (QED) is 0.0798. The van der Waals surface area contributed by atoms with Crippen molar-refractivity contribution in [3.05, 3.63) is 508 Å². The predicted molar refractivity (Wildman–Crippen MR) is 481 cm³/mol. The molecule has 0 saturated carbocycles. The van der Waals surface area contributed by atoms with E-state index in [1.807, 2.05) is 72.8 Å². The summed E-state index contributed by atoms with van der Waals surface area (Å²) in [5.74, 6) is 4.55. The van der Waals surface area contributed by atoms with Gasteiger partial charge in [-0.1, -0.05) is 306 Å². The van der Waals surface area contributed by atoms with Gasteiger partial charge in [0, 0.05) is 0 Å². The number of fused-ring (bicyclic) bond motifs is 19. The molecule has 0 unspecified atom stereocenters. The molecule has 117 heavy (non-hydrogen) atoms. The topological polar surface area (TPSA) is 55.4 Å². The average Bonchev–Trinajstić information content (AvgIpc) is 1.54. The Morgan fingerprint density at radius 1 is 0.179 bits per heavy atom. The van der Waals surface area contributed by atoms with Crippen molar-refractivity contribution in [2.75, 3.05) is 0 Å². The summed E-state index contributed by atoms with van der Waals surface area (Å²) in [4.78, 5) is 0. The van der Waals surface area contributed by atoms with Crippen molar-refractivity contribution in [3.63, 3.8) is 0 Å². The van der Waals surface area contributed by atoms with E-state index in [-0.39, 0.29) is 0 Å². The summed E-state index contributed by atoms with van der Waals surface area (Å²) in [6.07, 6.45) is 8.76. The van der Waals surface area contributed by atoms with Crippen LogP contribution in [-0.2, 0) is 16.2 Å². The van der Waals surface area contributed by atoms with Crippen molar-refractivity contribution < 1.29 is 28.4 Å². The van der Waals surface area contributed by atoms with E-state index in [9.17, 15) is 0 Å². The fourth-order valence-corrected chi connectivity index (χ4v) is 19.1. The molecule has 6 nitrogen and oxygen atoms in total. The minimum absolute atomic E-state index is 0.544. The molecule has 0 bridgehead atoms. The minimum atomic E-state index is -0.561. The maximum absolute atomic E-state index is 5.61. The second kappa shape index (κ2) is 30.0. The highest BCUT2D eigenvalue weighted by atomic mass is 16.5. The normalized spacial score (nSPS) is 13.0. The molecule has 0 radical (unpaired) electrons. The summed E-state index contributed by atoms with van der Waals surface area (Å²) >= 11 is 0. The maximum atomic E-state index is 5.61. The molecule has 0 spiro atoms. The van der Waals surface area contributed by atoms with Crippen molar-refractivity contribution in [2.45, 2.75) is 16.2 Å². The average molecular weight is 1510 g/mol. The zero-order valence-electron chi connectivity index (χ0n) is 64.3. The lowest BCUT2D eigenvalue weighted by Gasteiger charge is -2.35. The molecule has 6 heteroatoms. The van der Waals surface area contributed by atoms with E-state index in [1.54, 1.807) is 0 Å². The van der Waals surface area contributed by atoms with Crippen LogP contribution in [0.5, 0.6) is 34.5 Å². The highest BCUT2D eigenvalue weighted by molar-refractivity contribution is 6.10. The summed E-state index contributed by atoms with van der Waals surface area (Å²) < 4.78 is 33.6. The fraction of sp³-hybridized carbons (Fsp3) is 0.0270. The van der Waals surface area contributed by atoms with Gasteiger partial charge in [-0.2, -0.15) is 0 Å². The summed E-state index contributed by atoms with van der Waals surface area (Å²) in [7, 11) is 0. The molecule has 0 saturated heterocycles. The van der Waals surface area contributed by atoms with E-state index in [0.29, 0.717) is 0 Å². The van der Waals surface area contributed by atoms with Crippen LogP contribution in [0.3, 0.4) is 0 Å². The van der Waals surface area contributed by atoms with Crippen LogP contribution in [0.4, 0.5) is 0 Å². The van der Waals surface area contributed by atoms with Gasteiger partial charge in [0.2, 0.25) is 0 Å². The first-order valence-corrected chi connectivity index (χ1v) is 39.2. The smallest absolute Gasteiger partial charge is 0.126 e. The van der Waals surface area contributed by atoms with Gasteiger partial charge in [0.1, 0.15) is 34.5 Å². The zero-order valence-corrected chi connectivity index (χ0v) is 64.3. The number of hydrogen-bond donors (Lipinski definition) is 0. The molecular weight excluding hydrogens is 1430 g/mol. The Morgan fingerprint density at radius 3 is 0.769 bits per heavy atom. The first-order valence-electron chi connectivity index (χ1n) is 39.2. The molecule has 21 rings (SSSR count). The number of benzene rings is 18. The van der Waals surface area contributed by atoms with Crippen LogP contribution >= 0.6 is 0 Å². The monoisotopic (exact) mass is 1510 g/mol. The Hall–Kier alpha value is -15.2. The van der Waals surface area contributed by atoms with Crippen LogP contribution < -0.4 is 28.4 Å². The molecule has 0 atom stereocenters. The van der Waals surface area contributed by atoms with Gasteiger partial charge >= 0.3 is 0 Å². The van der Waals surface area contributed by atoms with E-state index in [2.05, 4.69) is 331 Å². The molecule has 3 aliphatic carbocycles. The second-order valence-corrected chi connectivity index (χ2v) is 29.4. The Morgan fingerprint density at radius 2 is 0.419 bits per heavy atom. The molecule has 0 amide bonds. The number of hydrogen-bond acceptors (Lipinski definition) is 6. The minimum Gasteiger partial charge on any atom is -0.466 e. The van der Waals surface area contributed by atoms with Gasteiger partial charge in [0.05, 0.1) is 53.8 Å². The van der Waals surface area contributed by atoms with Crippen molar-refractivity contribution in [1.29, 1.82) is 0 Å². The summed E-state index contributed by atoms with van der Waals surface area (Å²) in [5, 5.41) is 14.8. The van der Waals surface area contributed by atoms with E-state index in [1.165, 1.54) is 202 Å². The van der Waals surface area contributed by atoms with Gasteiger partial charge in [0.25, 0.3) is 0 Å². The Bertz CT molecular complexity index is 6650. The molecule has 18 aromatic rings. The largest absolute Gasteiger partial charge is 0.466 e. The van der Waals surface area contributed by atoms with Crippen molar-refractivity contribution >= 4 is 64.6 Å². The molecule has 0 aliphatic heterocycles. The molecule has 0 fully saturated rings. The summed E-state index contributed by atoms with van der Waals surface area (Å²) in [6.45, 7) is 22.3. The predicted octanol–water partition coefficient (Wildman–Crippen LogP) is 28.2. The summed E-state index contributed by atoms with van der Waals surface area (Å²) in [6, 6.07) is 130. The standard InChI is InChI=1S/3C37H26O2/c1-3-38-29-19-15-27(16-20-29)37(28-17-21-30(22-18-28)39-4-2)34-24-14-25-9-5-7-11-31(25)35(34)33-23-13-26-10-6-8-12-32(26)36(33)37;1-3-38-30-18-14-28(15-19-30)37(29-16-20-31(21-17-29)39-4-2)34-22-13-25-9-7-8-12-32(25)36(34)33-23-26-10-5-6-11-27(26)24-35(33)37;1-3-38-30-18-14-28(15-19-30)37(29-16-20-31(21-17-29)39-4-2)35-24-27-11-6-5-10-26(27)23-34(35)33-22-13-25-9-7-8-12-32(25)36(33)37/h3*3-24H,1-2H2. The van der Waals surface area contributed by atoms with E-state index < -0.39 is 16.2 Å². The van der Waals surface area contributed by atoms with Crippen LogP contribution in [0.15, 0.2) is 441 Å². The van der Waals surface area contributed by atoms with Crippen LogP contribution in [0.25, 0.3) is 98.0 Å². The zero-order chi connectivity index (χ0) is 79.2. The van der Waals surface area contributed by atoms with Gasteiger partial charge in [0.15, 0.2) is 0 Å². The maximum Gasteiger partial charge on any atom is 0.126 e. The molecule has 18 aromatic carbocycles. The SMILES string of the molecule is C=COc1ccc(C2(c3ccc(OC=C)cc3)c3cc4ccccc4cc3-c3c2ccc2ccccc32)cc1.C=COc1ccc(C2(c3ccc(OC=C)cc3)c3cc4ccccc4cc3-c3ccc4ccccc4c32)cc1.C=COc1ccc(C2(c3ccc(OC=C)cc3)c3ccc4ccccc4c3-c3ccc4ccccc4c32)cc1. The highest BCUT2D eigenvalue weighted by Gasteiger charge is 2.51. The van der Waals surface area contributed by atoms with Gasteiger partial charge in [-0.3, -0.25) is 0 Å². The third-order valence-corrected chi connectivity index (χ3v) is 23.7. The van der Waals surface area contributed by atoms with Crippen molar-refractivity contribution in [2.24, 2.45) is 0 Å². The summed E-state index contributed by atoms with van der Waals surface area (Å²) in [5.41, 5.74) is 20.6. The molecule has 0 N–H and O–H groups in total. The molecule has 558 valence electrons. The Balaban J connectivity index is 0.000000117. The van der Waals surface area contributed by atoms with Gasteiger partial charge in [-0.05, 0) is 262 Å². The third-order valence-electron chi connectivity index (χ3n) is 23.7. The van der Waals surface area contributed by atoms with Gasteiger partial charge < -0.3 is 28.4 Å². The molecule has 3 aliphatic rings. The Kier molecular flexibility index (Phi) is 18.5. The van der Waals surface area contributed by atoms with Crippen LogP contribution in [-0.4, -0.2) is 0 Å². The van der Waals surface area contributed by atoms with Gasteiger partial charge in [-0.25, -0.2) is 0 Å². The van der Waals surface area contributed by atoms with Crippen LogP contribution in [0, 0.1) is 0 Å². The second-order valence-electron chi connectivity index (χ2n) is 29.4. The van der Waals surface area contributed by atoms with Gasteiger partial charge in [-0.15, -0.1) is 0 Å². The van der Waals surface area contributed by atoms with Crippen molar-refractivity contribution in [1.82, 2.24) is 0 Å². The molecular formula is C111H78O6. The molecule has 0 aromatic heterocycles. The van der Waals surface area contributed by atoms with Crippen molar-refractivity contribution in [3.8, 4) is 67.9 Å². The first kappa shape index (κ1) is 72.0. The van der Waals surface area contributed by atoms with Crippen LogP contribution in [0.1, 0.15) is 66.8 Å². The first-order chi connectivity index (χ1) is 57.7. The Labute approximate surface area is 680 Å². The third kappa shape index (κ3) is 11.8. The van der Waals surface area contributed by atoms with E-state index in [4.69, 9.17) is 28.4 Å². The number of ether oxygens (including phenoxy) is 6. The number of rotatable bonds is 18. The van der Waals surface area contributed by atoms with E-state index in [0.717, 1.165) is 34.5 Å². The highest BCUT2D eigenvalue weighted by Crippen LogP contribution is 2.63.